The molecule has 6 nitrogen and oxygen atoms in total. The van der Waals surface area contributed by atoms with E-state index in [-0.39, 0.29) is 31.1 Å². The molecule has 0 bridgehead atoms. The zero-order chi connectivity index (χ0) is 50.0. The first-order valence-electron chi connectivity index (χ1n) is 29.4. The zero-order valence-corrected chi connectivity index (χ0v) is 45.6. The van der Waals surface area contributed by atoms with Gasteiger partial charge in [0.15, 0.2) is 6.10 Å². The van der Waals surface area contributed by atoms with Crippen LogP contribution in [0.2, 0.25) is 0 Å². The van der Waals surface area contributed by atoms with Crippen LogP contribution in [0.5, 0.6) is 0 Å². The minimum atomic E-state index is -0.786. The zero-order valence-electron chi connectivity index (χ0n) is 45.6. The minimum absolute atomic E-state index is 0.0834. The Morgan fingerprint density at radius 3 is 0.899 bits per heavy atom. The molecule has 1 unspecified atom stereocenters. The lowest BCUT2D eigenvalue weighted by molar-refractivity contribution is -0.167. The maximum Gasteiger partial charge on any atom is 0.306 e. The molecular weight excluding hydrogens is 853 g/mol. The fourth-order valence-corrected chi connectivity index (χ4v) is 8.31. The van der Waals surface area contributed by atoms with Crippen molar-refractivity contribution in [3.63, 3.8) is 0 Å². The molecule has 0 saturated carbocycles. The Kier molecular flexibility index (Phi) is 54.8. The summed E-state index contributed by atoms with van der Waals surface area (Å²) >= 11 is 0. The van der Waals surface area contributed by atoms with Gasteiger partial charge in [-0.25, -0.2) is 0 Å². The predicted octanol–water partition coefficient (Wildman–Crippen LogP) is 19.8. The Balaban J connectivity index is 4.38. The highest BCUT2D eigenvalue weighted by Gasteiger charge is 2.19. The summed E-state index contributed by atoms with van der Waals surface area (Å²) in [5.41, 5.74) is 0. The number of hydrogen-bond donors (Lipinski definition) is 0. The van der Waals surface area contributed by atoms with E-state index < -0.39 is 6.10 Å². The fourth-order valence-electron chi connectivity index (χ4n) is 8.31. The lowest BCUT2D eigenvalue weighted by Crippen LogP contribution is -2.30. The third-order valence-electron chi connectivity index (χ3n) is 12.7. The van der Waals surface area contributed by atoms with Crippen LogP contribution < -0.4 is 0 Å². The van der Waals surface area contributed by atoms with Crippen molar-refractivity contribution in [3.8, 4) is 0 Å². The summed E-state index contributed by atoms with van der Waals surface area (Å²) in [4.78, 5) is 38.2. The molecule has 0 rings (SSSR count). The van der Waals surface area contributed by atoms with Crippen molar-refractivity contribution in [2.75, 3.05) is 13.2 Å². The van der Waals surface area contributed by atoms with Crippen LogP contribution in [-0.4, -0.2) is 37.2 Å². The average molecular weight is 964 g/mol. The number of hydrogen-bond acceptors (Lipinski definition) is 6. The van der Waals surface area contributed by atoms with Gasteiger partial charge in [0.05, 0.1) is 0 Å². The first-order chi connectivity index (χ1) is 34.0. The molecule has 0 N–H and O–H groups in total. The molecule has 69 heavy (non-hydrogen) atoms. The van der Waals surface area contributed by atoms with Crippen LogP contribution in [0.15, 0.2) is 72.9 Å². The highest BCUT2D eigenvalue weighted by molar-refractivity contribution is 5.71. The molecule has 0 aliphatic rings. The third kappa shape index (κ3) is 55.6. The van der Waals surface area contributed by atoms with Gasteiger partial charge < -0.3 is 14.2 Å². The predicted molar refractivity (Wildman–Crippen MR) is 298 cm³/mol. The summed E-state index contributed by atoms with van der Waals surface area (Å²) in [6, 6.07) is 0. The van der Waals surface area contributed by atoms with Gasteiger partial charge in [0, 0.05) is 19.3 Å². The maximum absolute atomic E-state index is 12.9. The van der Waals surface area contributed by atoms with E-state index in [1.807, 2.05) is 0 Å². The molecular formula is C63H110O6. The van der Waals surface area contributed by atoms with Crippen molar-refractivity contribution in [2.45, 2.75) is 297 Å². The average Bonchev–Trinajstić information content (AvgIpc) is 3.35. The Morgan fingerprint density at radius 1 is 0.304 bits per heavy atom. The molecule has 0 spiro atoms. The summed E-state index contributed by atoms with van der Waals surface area (Å²) < 4.78 is 16.9. The van der Waals surface area contributed by atoms with E-state index in [0.29, 0.717) is 19.3 Å². The molecule has 0 amide bonds. The molecule has 0 fully saturated rings. The number of carbonyl (C=O) groups excluding carboxylic acids is 3. The number of esters is 3. The van der Waals surface area contributed by atoms with Crippen LogP contribution in [0.4, 0.5) is 0 Å². The van der Waals surface area contributed by atoms with E-state index in [1.54, 1.807) is 0 Å². The lowest BCUT2D eigenvalue weighted by atomic mass is 10.1. The molecule has 0 aliphatic heterocycles. The van der Waals surface area contributed by atoms with Gasteiger partial charge in [-0.05, 0) is 103 Å². The third-order valence-corrected chi connectivity index (χ3v) is 12.7. The smallest absolute Gasteiger partial charge is 0.306 e. The van der Waals surface area contributed by atoms with Gasteiger partial charge in [-0.3, -0.25) is 14.4 Å². The highest BCUT2D eigenvalue weighted by atomic mass is 16.6. The number of unbranched alkanes of at least 4 members (excludes halogenated alkanes) is 30. The van der Waals surface area contributed by atoms with Gasteiger partial charge in [0.2, 0.25) is 0 Å². The van der Waals surface area contributed by atoms with Gasteiger partial charge in [-0.15, -0.1) is 0 Å². The van der Waals surface area contributed by atoms with Gasteiger partial charge in [-0.2, -0.15) is 0 Å². The minimum Gasteiger partial charge on any atom is -0.462 e. The highest BCUT2D eigenvalue weighted by Crippen LogP contribution is 2.16. The lowest BCUT2D eigenvalue weighted by Gasteiger charge is -2.18. The van der Waals surface area contributed by atoms with Crippen molar-refractivity contribution >= 4 is 17.9 Å². The molecule has 0 radical (unpaired) electrons. The summed E-state index contributed by atoms with van der Waals surface area (Å²) in [6.45, 7) is 6.43. The van der Waals surface area contributed by atoms with Crippen molar-refractivity contribution < 1.29 is 28.6 Å². The van der Waals surface area contributed by atoms with Gasteiger partial charge in [0.1, 0.15) is 13.2 Å². The fraction of sp³-hybridized carbons (Fsp3) is 0.762. The van der Waals surface area contributed by atoms with Crippen LogP contribution in [-0.2, 0) is 28.6 Å². The summed E-state index contributed by atoms with van der Waals surface area (Å²) in [5, 5.41) is 0. The van der Waals surface area contributed by atoms with Crippen molar-refractivity contribution in [1.29, 1.82) is 0 Å². The molecule has 0 heterocycles. The molecule has 1 atom stereocenters. The number of carbonyl (C=O) groups is 3. The van der Waals surface area contributed by atoms with Gasteiger partial charge in [0.25, 0.3) is 0 Å². The number of ether oxygens (including phenoxy) is 3. The SMILES string of the molecule is CC/C=C\C/C=C\C/C=C\CCCCCCCCCCCC(=O)OCC(COC(=O)CCCCCCCCC/C=C\C/C=C\CC)OC(=O)CCCCCCC/C=C\CCCCCCCCCCC. The Morgan fingerprint density at radius 2 is 0.565 bits per heavy atom. The van der Waals surface area contributed by atoms with E-state index in [1.165, 1.54) is 141 Å². The quantitative estimate of drug-likeness (QED) is 0.0262. The monoisotopic (exact) mass is 963 g/mol. The standard InChI is InChI=1S/C63H110O6/c1-4-7-10-13-16-19-22-25-28-30-32-34-35-38-41-44-47-50-53-56-62(65)68-59-60(58-67-61(64)55-52-49-46-43-40-37-27-24-21-18-15-12-9-6-3)69-63(66)57-54-51-48-45-42-39-36-33-31-29-26-23-20-17-14-11-8-5-2/h7,9-10,12,16,18-19,21,25,28,33,36,60H,4-6,8,11,13-15,17,20,22-24,26-27,29-32,34-35,37-59H2,1-3H3/b10-7-,12-9-,19-16-,21-18-,28-25-,36-33-. The first kappa shape index (κ1) is 65.8. The second-order valence-electron chi connectivity index (χ2n) is 19.5. The van der Waals surface area contributed by atoms with Gasteiger partial charge in [-0.1, -0.05) is 241 Å². The van der Waals surface area contributed by atoms with Crippen LogP contribution >= 0.6 is 0 Å². The molecule has 0 aromatic rings. The van der Waals surface area contributed by atoms with Crippen LogP contribution in [0, 0.1) is 0 Å². The molecule has 398 valence electrons. The van der Waals surface area contributed by atoms with E-state index in [4.69, 9.17) is 14.2 Å². The largest absolute Gasteiger partial charge is 0.462 e. The van der Waals surface area contributed by atoms with Gasteiger partial charge >= 0.3 is 17.9 Å². The Hall–Kier alpha value is -3.15. The summed E-state index contributed by atoms with van der Waals surface area (Å²) in [5.74, 6) is -0.895. The molecule has 0 aromatic heterocycles. The van der Waals surface area contributed by atoms with E-state index >= 15 is 0 Å². The summed E-state index contributed by atoms with van der Waals surface area (Å²) in [7, 11) is 0. The molecule has 0 aromatic carbocycles. The number of allylic oxidation sites excluding steroid dienone is 12. The van der Waals surface area contributed by atoms with Crippen molar-refractivity contribution in [1.82, 2.24) is 0 Å². The van der Waals surface area contributed by atoms with Crippen molar-refractivity contribution in [3.05, 3.63) is 72.9 Å². The maximum atomic E-state index is 12.9. The van der Waals surface area contributed by atoms with E-state index in [2.05, 4.69) is 93.7 Å². The second kappa shape index (κ2) is 57.4. The van der Waals surface area contributed by atoms with E-state index in [9.17, 15) is 14.4 Å². The topological polar surface area (TPSA) is 78.9 Å². The molecule has 6 heteroatoms. The summed E-state index contributed by atoms with van der Waals surface area (Å²) in [6.07, 6.45) is 73.2. The number of rotatable bonds is 53. The van der Waals surface area contributed by atoms with Crippen LogP contribution in [0.3, 0.4) is 0 Å². The second-order valence-corrected chi connectivity index (χ2v) is 19.5. The van der Waals surface area contributed by atoms with Crippen LogP contribution in [0.25, 0.3) is 0 Å². The molecule has 0 saturated heterocycles. The normalized spacial score (nSPS) is 12.6. The van der Waals surface area contributed by atoms with Crippen LogP contribution in [0.1, 0.15) is 290 Å². The van der Waals surface area contributed by atoms with Crippen molar-refractivity contribution in [2.24, 2.45) is 0 Å². The molecule has 0 aliphatic carbocycles. The first-order valence-corrected chi connectivity index (χ1v) is 29.4. The van der Waals surface area contributed by atoms with E-state index in [0.717, 1.165) is 109 Å². The Bertz CT molecular complexity index is 1290. The Labute approximate surface area is 427 Å².